The Balaban J connectivity index is 0.00000722. The van der Waals surface area contributed by atoms with Crippen molar-refractivity contribution in [3.05, 3.63) is 48.3 Å². The molecule has 2 aromatic rings. The lowest BCUT2D eigenvalue weighted by molar-refractivity contribution is -0.889. The summed E-state index contributed by atoms with van der Waals surface area (Å²) in [5, 5.41) is 0. The number of aromatic nitrogens is 2. The number of ether oxygens (including phenoxy) is 1. The van der Waals surface area contributed by atoms with Crippen molar-refractivity contribution < 1.29 is 26.2 Å². The second-order valence-electron chi connectivity index (χ2n) is 11.3. The standard InChI is InChI=1S/C32H55N4O.BrH/c1-5-6-7-8-9-10-11-12-13-14-15-16-17-18-27-36(2,3)28-26-35(32-33-24-19-25-34-32)29-30-20-22-31(37-4)23-21-30;/h19-25H,5-18,26-29H2,1-4H3;1H/q+1;/p-1. The number of hydrogen-bond acceptors (Lipinski definition) is 4. The first-order chi connectivity index (χ1) is 18.0. The van der Waals surface area contributed by atoms with Crippen LogP contribution in [0.4, 0.5) is 5.95 Å². The molecule has 0 saturated carbocycles. The highest BCUT2D eigenvalue weighted by molar-refractivity contribution is 5.34. The average molecular weight is 592 g/mol. The van der Waals surface area contributed by atoms with Gasteiger partial charge in [-0.25, -0.2) is 9.97 Å². The largest absolute Gasteiger partial charge is 1.00 e. The molecule has 2 rings (SSSR count). The first-order valence-electron chi connectivity index (χ1n) is 15.0. The van der Waals surface area contributed by atoms with Crippen LogP contribution in [0.15, 0.2) is 42.7 Å². The number of benzene rings is 1. The molecule has 0 atom stereocenters. The maximum atomic E-state index is 5.31. The molecule has 5 nitrogen and oxygen atoms in total. The molecule has 0 aliphatic heterocycles. The van der Waals surface area contributed by atoms with E-state index in [1.165, 1.54) is 102 Å². The molecule has 0 N–H and O–H groups in total. The zero-order chi connectivity index (χ0) is 26.6. The van der Waals surface area contributed by atoms with Crippen molar-refractivity contribution in [2.75, 3.05) is 45.7 Å². The molecule has 0 aliphatic rings. The van der Waals surface area contributed by atoms with Gasteiger partial charge in [0.05, 0.1) is 40.8 Å². The number of halogens is 1. The second kappa shape index (κ2) is 21.2. The van der Waals surface area contributed by atoms with E-state index in [-0.39, 0.29) is 17.0 Å². The lowest BCUT2D eigenvalue weighted by atomic mass is 10.0. The number of hydrogen-bond donors (Lipinski definition) is 0. The summed E-state index contributed by atoms with van der Waals surface area (Å²) in [5.41, 5.74) is 1.24. The molecule has 1 aromatic heterocycles. The Bertz CT molecular complexity index is 801. The van der Waals surface area contributed by atoms with Gasteiger partial charge in [-0.2, -0.15) is 0 Å². The van der Waals surface area contributed by atoms with Gasteiger partial charge in [-0.3, -0.25) is 0 Å². The third-order valence-corrected chi connectivity index (χ3v) is 7.46. The third-order valence-electron chi connectivity index (χ3n) is 7.46. The fourth-order valence-corrected chi connectivity index (χ4v) is 4.89. The number of likely N-dealkylation sites (N-methyl/N-ethyl adjacent to an activating group) is 1. The normalized spacial score (nSPS) is 11.3. The fraction of sp³-hybridized carbons (Fsp3) is 0.688. The summed E-state index contributed by atoms with van der Waals surface area (Å²) in [6, 6.07) is 10.2. The molecule has 0 unspecified atom stereocenters. The number of rotatable bonds is 22. The van der Waals surface area contributed by atoms with Crippen molar-refractivity contribution in [1.82, 2.24) is 9.97 Å². The van der Waals surface area contributed by atoms with Crippen LogP contribution in [0.2, 0.25) is 0 Å². The highest BCUT2D eigenvalue weighted by atomic mass is 79.9. The van der Waals surface area contributed by atoms with Gasteiger partial charge in [0.2, 0.25) is 5.95 Å². The van der Waals surface area contributed by atoms with E-state index in [1.807, 2.05) is 30.6 Å². The molecule has 216 valence electrons. The number of unbranched alkanes of at least 4 members (excludes halogenated alkanes) is 13. The van der Waals surface area contributed by atoms with E-state index >= 15 is 0 Å². The van der Waals surface area contributed by atoms with Crippen molar-refractivity contribution in [2.24, 2.45) is 0 Å². The molecule has 1 aromatic carbocycles. The number of anilines is 1. The third kappa shape index (κ3) is 15.7. The van der Waals surface area contributed by atoms with Gasteiger partial charge < -0.3 is 31.1 Å². The van der Waals surface area contributed by atoms with E-state index in [9.17, 15) is 0 Å². The minimum absolute atomic E-state index is 0. The van der Waals surface area contributed by atoms with Crippen molar-refractivity contribution >= 4 is 5.95 Å². The van der Waals surface area contributed by atoms with E-state index in [0.717, 1.165) is 35.8 Å². The van der Waals surface area contributed by atoms with Crippen LogP contribution in [0, 0.1) is 0 Å². The Morgan fingerprint density at radius 2 is 1.21 bits per heavy atom. The number of quaternary nitrogens is 1. The molecular formula is C32H55BrN4O. The van der Waals surface area contributed by atoms with Gasteiger partial charge in [-0.15, -0.1) is 0 Å². The maximum absolute atomic E-state index is 5.31. The summed E-state index contributed by atoms with van der Waals surface area (Å²) < 4.78 is 6.34. The summed E-state index contributed by atoms with van der Waals surface area (Å²) in [4.78, 5) is 11.4. The van der Waals surface area contributed by atoms with Gasteiger partial charge in [-0.1, -0.05) is 96.1 Å². The van der Waals surface area contributed by atoms with E-state index in [0.29, 0.717) is 0 Å². The van der Waals surface area contributed by atoms with Crippen LogP contribution in [0.25, 0.3) is 0 Å². The monoisotopic (exact) mass is 590 g/mol. The van der Waals surface area contributed by atoms with Crippen molar-refractivity contribution in [1.29, 1.82) is 0 Å². The molecule has 0 bridgehead atoms. The molecule has 0 spiro atoms. The molecule has 0 amide bonds. The van der Waals surface area contributed by atoms with Gasteiger partial charge in [-0.05, 0) is 36.6 Å². The van der Waals surface area contributed by atoms with E-state index in [4.69, 9.17) is 4.74 Å². The Morgan fingerprint density at radius 3 is 1.71 bits per heavy atom. The van der Waals surface area contributed by atoms with Crippen LogP contribution in [0.1, 0.15) is 102 Å². The van der Waals surface area contributed by atoms with Crippen molar-refractivity contribution in [3.8, 4) is 5.75 Å². The van der Waals surface area contributed by atoms with Crippen molar-refractivity contribution in [2.45, 2.75) is 103 Å². The predicted octanol–water partition coefficient (Wildman–Crippen LogP) is 5.05. The number of methoxy groups -OCH3 is 1. The van der Waals surface area contributed by atoms with Crippen LogP contribution in [0.3, 0.4) is 0 Å². The quantitative estimate of drug-likeness (QED) is 0.142. The van der Waals surface area contributed by atoms with Gasteiger partial charge in [0.25, 0.3) is 0 Å². The predicted molar refractivity (Wildman–Crippen MR) is 158 cm³/mol. The van der Waals surface area contributed by atoms with Crippen molar-refractivity contribution in [3.63, 3.8) is 0 Å². The first kappa shape index (κ1) is 34.4. The van der Waals surface area contributed by atoms with Crippen LogP contribution >= 0.6 is 0 Å². The van der Waals surface area contributed by atoms with Gasteiger partial charge in [0.1, 0.15) is 5.75 Å². The Morgan fingerprint density at radius 1 is 0.711 bits per heavy atom. The maximum Gasteiger partial charge on any atom is 0.225 e. The minimum atomic E-state index is 0. The Labute approximate surface area is 244 Å². The fourth-order valence-electron chi connectivity index (χ4n) is 4.89. The Hall–Kier alpha value is -1.66. The summed E-state index contributed by atoms with van der Waals surface area (Å²) in [6.45, 7) is 6.33. The van der Waals surface area contributed by atoms with E-state index in [2.05, 4.69) is 48.0 Å². The minimum Gasteiger partial charge on any atom is -1.00 e. The lowest BCUT2D eigenvalue weighted by Crippen LogP contribution is -3.00. The summed E-state index contributed by atoms with van der Waals surface area (Å²) in [5.74, 6) is 1.69. The molecule has 0 aliphatic carbocycles. The molecule has 6 heteroatoms. The Kier molecular flexibility index (Phi) is 19.2. The van der Waals surface area contributed by atoms with E-state index in [1.54, 1.807) is 7.11 Å². The molecule has 1 heterocycles. The van der Waals surface area contributed by atoms with Gasteiger partial charge >= 0.3 is 0 Å². The molecule has 0 saturated heterocycles. The van der Waals surface area contributed by atoms with E-state index < -0.39 is 0 Å². The highest BCUT2D eigenvalue weighted by Gasteiger charge is 2.18. The SMILES string of the molecule is CCCCCCCCCCCCCCCC[N+](C)(C)CCN(Cc1ccc(OC)cc1)c1ncccn1.[Br-]. The summed E-state index contributed by atoms with van der Waals surface area (Å²) >= 11 is 0. The lowest BCUT2D eigenvalue weighted by Gasteiger charge is -2.33. The molecule has 0 fully saturated rings. The molecular weight excluding hydrogens is 536 g/mol. The first-order valence-corrected chi connectivity index (χ1v) is 15.0. The van der Waals surface area contributed by atoms with Gasteiger partial charge in [0, 0.05) is 18.9 Å². The second-order valence-corrected chi connectivity index (χ2v) is 11.3. The zero-order valence-electron chi connectivity index (χ0n) is 24.8. The smallest absolute Gasteiger partial charge is 0.225 e. The average Bonchev–Trinajstić information content (AvgIpc) is 2.92. The topological polar surface area (TPSA) is 38.2 Å². The molecule has 38 heavy (non-hydrogen) atoms. The highest BCUT2D eigenvalue weighted by Crippen LogP contribution is 2.17. The molecule has 0 radical (unpaired) electrons. The zero-order valence-corrected chi connectivity index (χ0v) is 26.4. The summed E-state index contributed by atoms with van der Waals surface area (Å²) in [6.07, 6.45) is 23.4. The van der Waals surface area contributed by atoms with Gasteiger partial charge in [0.15, 0.2) is 0 Å². The number of nitrogens with zero attached hydrogens (tertiary/aromatic N) is 4. The summed E-state index contributed by atoms with van der Waals surface area (Å²) in [7, 11) is 6.43. The van der Waals surface area contributed by atoms with Crippen LogP contribution in [-0.4, -0.2) is 55.3 Å². The van der Waals surface area contributed by atoms with Crippen LogP contribution < -0.4 is 26.6 Å². The van der Waals surface area contributed by atoms with Crippen LogP contribution in [-0.2, 0) is 6.54 Å². The van der Waals surface area contributed by atoms with Crippen LogP contribution in [0.5, 0.6) is 5.75 Å².